The highest BCUT2D eigenvalue weighted by molar-refractivity contribution is 6.29. The van der Waals surface area contributed by atoms with Gasteiger partial charge in [-0.15, -0.1) is 0 Å². The Morgan fingerprint density at radius 1 is 1.55 bits per heavy atom. The van der Waals surface area contributed by atoms with Crippen LogP contribution in [0.1, 0.15) is 30.6 Å². The van der Waals surface area contributed by atoms with Crippen LogP contribution in [0.25, 0.3) is 0 Å². The standard InChI is InChI=1S/C14H21ClN4O/c1-3-18(4-2)10-5-6-19(9-10)14(20)11-7-13(15)17-8-12(11)16/h7-8,10H,3-6,9,16H2,1-2H3. The third kappa shape index (κ3) is 3.04. The van der Waals surface area contributed by atoms with Gasteiger partial charge in [-0.3, -0.25) is 9.69 Å². The molecule has 1 unspecified atom stereocenters. The Bertz CT molecular complexity index is 490. The zero-order valence-electron chi connectivity index (χ0n) is 12.0. The molecule has 2 N–H and O–H groups in total. The molecule has 1 fully saturated rings. The average molecular weight is 297 g/mol. The molecule has 2 heterocycles. The van der Waals surface area contributed by atoms with Crippen LogP contribution in [0.4, 0.5) is 5.69 Å². The Balaban J connectivity index is 2.10. The Kier molecular flexibility index (Phi) is 4.83. The van der Waals surface area contributed by atoms with Gasteiger partial charge < -0.3 is 10.6 Å². The fourth-order valence-corrected chi connectivity index (χ4v) is 2.92. The van der Waals surface area contributed by atoms with Gasteiger partial charge in [-0.2, -0.15) is 0 Å². The molecule has 0 radical (unpaired) electrons. The Labute approximate surface area is 124 Å². The van der Waals surface area contributed by atoms with E-state index in [0.717, 1.165) is 32.6 Å². The van der Waals surface area contributed by atoms with Gasteiger partial charge in [0.05, 0.1) is 17.4 Å². The van der Waals surface area contributed by atoms with Crippen molar-refractivity contribution in [1.29, 1.82) is 0 Å². The topological polar surface area (TPSA) is 62.5 Å². The quantitative estimate of drug-likeness (QED) is 0.862. The van der Waals surface area contributed by atoms with Crippen LogP contribution in [0.15, 0.2) is 12.3 Å². The number of pyridine rings is 1. The van der Waals surface area contributed by atoms with Gasteiger partial charge in [0.1, 0.15) is 5.15 Å². The number of hydrogen-bond donors (Lipinski definition) is 1. The highest BCUT2D eigenvalue weighted by Gasteiger charge is 2.30. The van der Waals surface area contributed by atoms with Gasteiger partial charge in [0, 0.05) is 19.1 Å². The van der Waals surface area contributed by atoms with Crippen molar-refractivity contribution < 1.29 is 4.79 Å². The second-order valence-electron chi connectivity index (χ2n) is 5.01. The van der Waals surface area contributed by atoms with Crippen LogP contribution in [0.2, 0.25) is 5.15 Å². The Morgan fingerprint density at radius 3 is 2.90 bits per heavy atom. The first-order chi connectivity index (χ1) is 9.56. The fourth-order valence-electron chi connectivity index (χ4n) is 2.76. The molecule has 1 aliphatic heterocycles. The maximum Gasteiger partial charge on any atom is 0.256 e. The van der Waals surface area contributed by atoms with Gasteiger partial charge in [0.25, 0.3) is 5.91 Å². The predicted octanol–water partition coefficient (Wildman–Crippen LogP) is 1.87. The number of likely N-dealkylation sites (N-methyl/N-ethyl adjacent to an activating group) is 1. The number of nitrogens with zero attached hydrogens (tertiary/aromatic N) is 3. The van der Waals surface area contributed by atoms with Crippen LogP contribution >= 0.6 is 11.6 Å². The highest BCUT2D eigenvalue weighted by Crippen LogP contribution is 2.22. The van der Waals surface area contributed by atoms with Crippen molar-refractivity contribution in [1.82, 2.24) is 14.8 Å². The first-order valence-corrected chi connectivity index (χ1v) is 7.39. The second-order valence-corrected chi connectivity index (χ2v) is 5.40. The molecule has 0 bridgehead atoms. The molecule has 0 saturated carbocycles. The summed E-state index contributed by atoms with van der Waals surface area (Å²) in [4.78, 5) is 20.6. The molecule has 0 aliphatic carbocycles. The molecule has 2 rings (SSSR count). The molecular formula is C14H21ClN4O. The molecule has 5 nitrogen and oxygen atoms in total. The number of aromatic nitrogens is 1. The zero-order valence-corrected chi connectivity index (χ0v) is 12.7. The number of nitrogens with two attached hydrogens (primary N) is 1. The molecule has 1 amide bonds. The third-order valence-electron chi connectivity index (χ3n) is 3.91. The van der Waals surface area contributed by atoms with E-state index in [1.807, 2.05) is 4.90 Å². The summed E-state index contributed by atoms with van der Waals surface area (Å²) in [7, 11) is 0. The minimum atomic E-state index is -0.0542. The van der Waals surface area contributed by atoms with Gasteiger partial charge in [-0.05, 0) is 25.6 Å². The molecular weight excluding hydrogens is 276 g/mol. The lowest BCUT2D eigenvalue weighted by molar-refractivity contribution is 0.0779. The zero-order chi connectivity index (χ0) is 14.7. The summed E-state index contributed by atoms with van der Waals surface area (Å²) in [6.07, 6.45) is 2.44. The van der Waals surface area contributed by atoms with E-state index in [2.05, 4.69) is 23.7 Å². The van der Waals surface area contributed by atoms with Crippen LogP contribution in [0, 0.1) is 0 Å². The van der Waals surface area contributed by atoms with Gasteiger partial charge in [-0.1, -0.05) is 25.4 Å². The van der Waals surface area contributed by atoms with E-state index in [1.165, 1.54) is 6.20 Å². The van der Waals surface area contributed by atoms with Crippen LogP contribution in [0.3, 0.4) is 0 Å². The molecule has 6 heteroatoms. The molecule has 1 atom stereocenters. The number of carbonyl (C=O) groups is 1. The molecule has 1 aliphatic rings. The third-order valence-corrected chi connectivity index (χ3v) is 4.12. The Hall–Kier alpha value is -1.33. The van der Waals surface area contributed by atoms with Crippen molar-refractivity contribution in [2.45, 2.75) is 26.3 Å². The summed E-state index contributed by atoms with van der Waals surface area (Å²) < 4.78 is 0. The summed E-state index contributed by atoms with van der Waals surface area (Å²) >= 11 is 5.85. The number of nitrogen functional groups attached to an aromatic ring is 1. The first kappa shape index (κ1) is 15.1. The van der Waals surface area contributed by atoms with Crippen LogP contribution in [-0.4, -0.2) is 52.9 Å². The summed E-state index contributed by atoms with van der Waals surface area (Å²) in [5.74, 6) is -0.0542. The lowest BCUT2D eigenvalue weighted by Gasteiger charge is -2.26. The average Bonchev–Trinajstić information content (AvgIpc) is 2.92. The van der Waals surface area contributed by atoms with Crippen molar-refractivity contribution in [2.24, 2.45) is 0 Å². The second kappa shape index (κ2) is 6.41. The summed E-state index contributed by atoms with van der Waals surface area (Å²) in [5.41, 5.74) is 6.66. The van der Waals surface area contributed by atoms with Crippen molar-refractivity contribution in [3.8, 4) is 0 Å². The summed E-state index contributed by atoms with van der Waals surface area (Å²) in [6.45, 7) is 7.82. The minimum Gasteiger partial charge on any atom is -0.397 e. The molecule has 110 valence electrons. The molecule has 0 aromatic carbocycles. The smallest absolute Gasteiger partial charge is 0.256 e. The lowest BCUT2D eigenvalue weighted by Crippen LogP contribution is -2.38. The van der Waals surface area contributed by atoms with Gasteiger partial charge >= 0.3 is 0 Å². The first-order valence-electron chi connectivity index (χ1n) is 7.01. The normalized spacial score (nSPS) is 18.8. The minimum absolute atomic E-state index is 0.0542. The largest absolute Gasteiger partial charge is 0.397 e. The number of halogens is 1. The SMILES string of the molecule is CCN(CC)C1CCN(C(=O)c2cc(Cl)ncc2N)C1. The molecule has 0 spiro atoms. The number of rotatable bonds is 4. The van der Waals surface area contributed by atoms with E-state index >= 15 is 0 Å². The fraction of sp³-hybridized carbons (Fsp3) is 0.571. The maximum absolute atomic E-state index is 12.5. The number of amides is 1. The predicted molar refractivity (Wildman–Crippen MR) is 80.9 cm³/mol. The number of carbonyl (C=O) groups excluding carboxylic acids is 1. The van der Waals surface area contributed by atoms with Gasteiger partial charge in [0.15, 0.2) is 0 Å². The number of hydrogen-bond acceptors (Lipinski definition) is 4. The van der Waals surface area contributed by atoms with E-state index in [1.54, 1.807) is 6.07 Å². The van der Waals surface area contributed by atoms with Crippen LogP contribution < -0.4 is 5.73 Å². The number of anilines is 1. The summed E-state index contributed by atoms with van der Waals surface area (Å²) in [5, 5.41) is 0.294. The van der Waals surface area contributed by atoms with E-state index in [-0.39, 0.29) is 5.91 Å². The van der Waals surface area contributed by atoms with Crippen molar-refractivity contribution in [3.63, 3.8) is 0 Å². The van der Waals surface area contributed by atoms with E-state index in [9.17, 15) is 4.79 Å². The summed E-state index contributed by atoms with van der Waals surface area (Å²) in [6, 6.07) is 1.98. The van der Waals surface area contributed by atoms with Crippen molar-refractivity contribution >= 4 is 23.2 Å². The molecule has 1 aromatic rings. The number of likely N-dealkylation sites (tertiary alicyclic amines) is 1. The lowest BCUT2D eigenvalue weighted by atomic mass is 10.2. The van der Waals surface area contributed by atoms with Crippen molar-refractivity contribution in [2.75, 3.05) is 31.9 Å². The Morgan fingerprint density at radius 2 is 2.25 bits per heavy atom. The monoisotopic (exact) mass is 296 g/mol. The van der Waals surface area contributed by atoms with Gasteiger partial charge in [-0.25, -0.2) is 4.98 Å². The molecule has 1 aromatic heterocycles. The van der Waals surface area contributed by atoms with E-state index in [4.69, 9.17) is 17.3 Å². The van der Waals surface area contributed by atoms with Crippen LogP contribution in [-0.2, 0) is 0 Å². The maximum atomic E-state index is 12.5. The van der Waals surface area contributed by atoms with E-state index in [0.29, 0.717) is 22.4 Å². The highest BCUT2D eigenvalue weighted by atomic mass is 35.5. The van der Waals surface area contributed by atoms with Crippen molar-refractivity contribution in [3.05, 3.63) is 23.0 Å². The molecule has 20 heavy (non-hydrogen) atoms. The van der Waals surface area contributed by atoms with Crippen LogP contribution in [0.5, 0.6) is 0 Å². The van der Waals surface area contributed by atoms with Gasteiger partial charge in [0.2, 0.25) is 0 Å². The molecule has 1 saturated heterocycles. The van der Waals surface area contributed by atoms with E-state index < -0.39 is 0 Å².